The number of nitrogens with zero attached hydrogens (tertiary/aromatic N) is 4. The van der Waals surface area contributed by atoms with Crippen molar-refractivity contribution in [3.05, 3.63) is 75.6 Å². The number of amidine groups is 1. The van der Waals surface area contributed by atoms with Crippen molar-refractivity contribution in [3.63, 3.8) is 0 Å². The fraction of sp³-hybridized carbons (Fsp3) is 0.250. The Kier molecular flexibility index (Phi) is 6.71. The van der Waals surface area contributed by atoms with Crippen LogP contribution in [-0.2, 0) is 11.3 Å². The van der Waals surface area contributed by atoms with Gasteiger partial charge in [0.2, 0.25) is 5.91 Å². The summed E-state index contributed by atoms with van der Waals surface area (Å²) < 4.78 is 13.2. The molecule has 3 rings (SSSR count). The van der Waals surface area contributed by atoms with Crippen molar-refractivity contribution in [2.24, 2.45) is 10.2 Å². The van der Waals surface area contributed by atoms with Crippen LogP contribution in [0.4, 0.5) is 10.1 Å². The second-order valence-electron chi connectivity index (χ2n) is 6.43. The number of carbonyl (C=O) groups excluding carboxylic acids is 1. The van der Waals surface area contributed by atoms with Crippen LogP contribution in [0, 0.1) is 15.9 Å². The van der Waals surface area contributed by atoms with E-state index < -0.39 is 4.92 Å². The van der Waals surface area contributed by atoms with Crippen LogP contribution in [0.15, 0.2) is 58.7 Å². The van der Waals surface area contributed by atoms with Crippen LogP contribution in [0.3, 0.4) is 0 Å². The van der Waals surface area contributed by atoms with Gasteiger partial charge < -0.3 is 0 Å². The SMILES string of the molecule is CCCC1S/C(=N\N=C\c2cccc([N+](=O)[O-])c2)N(Cc2ccc(F)cc2)C1=O. The minimum absolute atomic E-state index is 0.0343. The number of halogens is 1. The van der Waals surface area contributed by atoms with Crippen LogP contribution >= 0.6 is 11.8 Å². The standard InChI is InChI=1S/C20H19FN4O3S/c1-2-4-18-19(26)24(13-14-7-9-16(21)10-8-14)20(29-18)23-22-12-15-5-3-6-17(11-15)25(27)28/h3,5-12,18H,2,4,13H2,1H3/b22-12+,23-20-. The summed E-state index contributed by atoms with van der Waals surface area (Å²) >= 11 is 1.35. The zero-order valence-electron chi connectivity index (χ0n) is 15.7. The minimum atomic E-state index is -0.478. The Balaban J connectivity index is 1.81. The Morgan fingerprint density at radius 2 is 2.03 bits per heavy atom. The first kappa shape index (κ1) is 20.7. The molecule has 1 aliphatic rings. The van der Waals surface area contributed by atoms with Gasteiger partial charge >= 0.3 is 0 Å². The first-order chi connectivity index (χ1) is 14.0. The quantitative estimate of drug-likeness (QED) is 0.382. The monoisotopic (exact) mass is 414 g/mol. The minimum Gasteiger partial charge on any atom is -0.284 e. The van der Waals surface area contributed by atoms with Crippen molar-refractivity contribution in [1.82, 2.24) is 4.90 Å². The van der Waals surface area contributed by atoms with Gasteiger partial charge in [0.25, 0.3) is 5.69 Å². The summed E-state index contributed by atoms with van der Waals surface area (Å²) in [4.78, 5) is 24.7. The number of hydrogen-bond donors (Lipinski definition) is 0. The molecule has 0 aliphatic carbocycles. The lowest BCUT2D eigenvalue weighted by atomic mass is 10.2. The number of nitro groups is 1. The second kappa shape index (κ2) is 9.42. The molecule has 0 N–H and O–H groups in total. The molecule has 2 aromatic rings. The van der Waals surface area contributed by atoms with E-state index in [1.807, 2.05) is 6.92 Å². The molecule has 1 saturated heterocycles. The first-order valence-corrected chi connectivity index (χ1v) is 9.94. The van der Waals surface area contributed by atoms with Gasteiger partial charge in [0.15, 0.2) is 5.17 Å². The Bertz CT molecular complexity index is 962. The third-order valence-electron chi connectivity index (χ3n) is 4.26. The number of amides is 1. The van der Waals surface area contributed by atoms with Crippen molar-refractivity contribution in [3.8, 4) is 0 Å². The summed E-state index contributed by atoms with van der Waals surface area (Å²) in [6.07, 6.45) is 2.99. The van der Waals surface area contributed by atoms with E-state index in [4.69, 9.17) is 0 Å². The highest BCUT2D eigenvalue weighted by molar-refractivity contribution is 8.15. The topological polar surface area (TPSA) is 88.2 Å². The average molecular weight is 414 g/mol. The third kappa shape index (κ3) is 5.26. The highest BCUT2D eigenvalue weighted by Gasteiger charge is 2.37. The largest absolute Gasteiger partial charge is 0.284 e. The molecule has 1 unspecified atom stereocenters. The Morgan fingerprint density at radius 1 is 1.28 bits per heavy atom. The summed E-state index contributed by atoms with van der Waals surface area (Å²) in [6, 6.07) is 12.0. The molecule has 9 heteroatoms. The molecule has 150 valence electrons. The van der Waals surface area contributed by atoms with E-state index in [1.54, 1.807) is 29.2 Å². The maximum atomic E-state index is 13.2. The Labute approximate surface area is 171 Å². The lowest BCUT2D eigenvalue weighted by molar-refractivity contribution is -0.384. The maximum absolute atomic E-state index is 13.2. The van der Waals surface area contributed by atoms with E-state index in [2.05, 4.69) is 10.2 Å². The number of benzene rings is 2. The molecular weight excluding hydrogens is 395 g/mol. The predicted octanol–water partition coefficient (Wildman–Crippen LogP) is 4.37. The van der Waals surface area contributed by atoms with Crippen LogP contribution in [0.1, 0.15) is 30.9 Å². The molecule has 2 aromatic carbocycles. The van der Waals surface area contributed by atoms with Crippen LogP contribution in [-0.4, -0.2) is 32.4 Å². The molecule has 7 nitrogen and oxygen atoms in total. The molecule has 1 fully saturated rings. The van der Waals surface area contributed by atoms with E-state index in [9.17, 15) is 19.3 Å². The van der Waals surface area contributed by atoms with Gasteiger partial charge in [-0.1, -0.05) is 49.4 Å². The lowest BCUT2D eigenvalue weighted by Crippen LogP contribution is -2.31. The fourth-order valence-corrected chi connectivity index (χ4v) is 4.03. The zero-order valence-corrected chi connectivity index (χ0v) is 16.5. The van der Waals surface area contributed by atoms with Gasteiger partial charge in [-0.05, 0) is 24.1 Å². The number of hydrogen-bond acceptors (Lipinski definition) is 6. The van der Waals surface area contributed by atoms with Gasteiger partial charge in [-0.25, -0.2) is 4.39 Å². The Hall–Kier alpha value is -3.07. The molecule has 0 spiro atoms. The third-order valence-corrected chi connectivity index (χ3v) is 5.49. The molecule has 0 radical (unpaired) electrons. The number of carbonyl (C=O) groups is 1. The number of nitro benzene ring substituents is 1. The van der Waals surface area contributed by atoms with Gasteiger partial charge in [0, 0.05) is 17.7 Å². The number of non-ortho nitro benzene ring substituents is 1. The molecule has 1 aliphatic heterocycles. The van der Waals surface area contributed by atoms with Gasteiger partial charge in [0.1, 0.15) is 5.82 Å². The molecular formula is C20H19FN4O3S. The van der Waals surface area contributed by atoms with Crippen LogP contribution in [0.5, 0.6) is 0 Å². The average Bonchev–Trinajstić information content (AvgIpc) is 2.99. The van der Waals surface area contributed by atoms with Crippen LogP contribution in [0.2, 0.25) is 0 Å². The van der Waals surface area contributed by atoms with E-state index in [0.29, 0.717) is 10.7 Å². The van der Waals surface area contributed by atoms with Crippen molar-refractivity contribution < 1.29 is 14.1 Å². The van der Waals surface area contributed by atoms with Crippen LogP contribution in [0.25, 0.3) is 0 Å². The maximum Gasteiger partial charge on any atom is 0.270 e. The summed E-state index contributed by atoms with van der Waals surface area (Å²) in [5.74, 6) is -0.388. The first-order valence-electron chi connectivity index (χ1n) is 9.06. The molecule has 1 heterocycles. The zero-order chi connectivity index (χ0) is 20.8. The summed E-state index contributed by atoms with van der Waals surface area (Å²) in [5, 5.41) is 19.3. The molecule has 0 aromatic heterocycles. The number of rotatable bonds is 7. The van der Waals surface area contributed by atoms with Gasteiger partial charge in [-0.2, -0.15) is 5.10 Å². The van der Waals surface area contributed by atoms with Gasteiger partial charge in [0.05, 0.1) is 22.9 Å². The highest BCUT2D eigenvalue weighted by Crippen LogP contribution is 2.31. The molecule has 1 atom stereocenters. The summed E-state index contributed by atoms with van der Waals surface area (Å²) in [6.45, 7) is 2.28. The van der Waals surface area contributed by atoms with E-state index in [1.165, 1.54) is 42.2 Å². The second-order valence-corrected chi connectivity index (χ2v) is 7.60. The Morgan fingerprint density at radius 3 is 2.72 bits per heavy atom. The smallest absolute Gasteiger partial charge is 0.270 e. The predicted molar refractivity (Wildman–Crippen MR) is 111 cm³/mol. The van der Waals surface area contributed by atoms with Crippen molar-refractivity contribution in [1.29, 1.82) is 0 Å². The lowest BCUT2D eigenvalue weighted by Gasteiger charge is -2.15. The van der Waals surface area contributed by atoms with Crippen molar-refractivity contribution in [2.45, 2.75) is 31.6 Å². The van der Waals surface area contributed by atoms with E-state index >= 15 is 0 Å². The normalized spacial score (nSPS) is 18.1. The number of thioether (sulfide) groups is 1. The highest BCUT2D eigenvalue weighted by atomic mass is 32.2. The summed E-state index contributed by atoms with van der Waals surface area (Å²) in [5.41, 5.74) is 1.29. The van der Waals surface area contributed by atoms with Gasteiger partial charge in [-0.15, -0.1) is 5.10 Å². The van der Waals surface area contributed by atoms with E-state index in [0.717, 1.165) is 18.4 Å². The molecule has 29 heavy (non-hydrogen) atoms. The molecule has 0 saturated carbocycles. The van der Waals surface area contributed by atoms with Gasteiger partial charge in [-0.3, -0.25) is 19.8 Å². The fourth-order valence-electron chi connectivity index (χ4n) is 2.81. The van der Waals surface area contributed by atoms with Crippen molar-refractivity contribution in [2.75, 3.05) is 0 Å². The van der Waals surface area contributed by atoms with Crippen molar-refractivity contribution >= 4 is 34.7 Å². The molecule has 0 bridgehead atoms. The van der Waals surface area contributed by atoms with Crippen LogP contribution < -0.4 is 0 Å². The van der Waals surface area contributed by atoms with E-state index in [-0.39, 0.29) is 29.2 Å². The molecule has 1 amide bonds. The summed E-state index contributed by atoms with van der Waals surface area (Å²) in [7, 11) is 0.